The van der Waals surface area contributed by atoms with E-state index in [2.05, 4.69) is 15.9 Å². The van der Waals surface area contributed by atoms with Crippen LogP contribution in [-0.2, 0) is 4.74 Å². The summed E-state index contributed by atoms with van der Waals surface area (Å²) in [5, 5.41) is 0.673. The fourth-order valence-electron chi connectivity index (χ4n) is 1.79. The van der Waals surface area contributed by atoms with Crippen LogP contribution >= 0.6 is 38.9 Å². The lowest BCUT2D eigenvalue weighted by Gasteiger charge is -2.11. The average molecular weight is 376 g/mol. The summed E-state index contributed by atoms with van der Waals surface area (Å²) in [4.78, 5) is 12.0. The first-order chi connectivity index (χ1) is 9.42. The lowest BCUT2D eigenvalue weighted by atomic mass is 10.1. The van der Waals surface area contributed by atoms with Crippen LogP contribution in [0.5, 0.6) is 11.5 Å². The van der Waals surface area contributed by atoms with Gasteiger partial charge in [-0.05, 0) is 53.0 Å². The van der Waals surface area contributed by atoms with Gasteiger partial charge in [0.05, 0.1) is 7.11 Å². The highest BCUT2D eigenvalue weighted by Crippen LogP contribution is 2.40. The largest absolute Gasteiger partial charge is 0.465 e. The predicted molar refractivity (Wildman–Crippen MR) is 84.4 cm³/mol. The van der Waals surface area contributed by atoms with Crippen LogP contribution in [0.2, 0.25) is 5.02 Å². The Morgan fingerprint density at radius 1 is 1.25 bits per heavy atom. The zero-order chi connectivity index (χ0) is 14.9. The number of carbonyl (C=O) groups is 1. The molecule has 0 aliphatic heterocycles. The van der Waals surface area contributed by atoms with Gasteiger partial charge in [-0.1, -0.05) is 11.6 Å². The summed E-state index contributed by atoms with van der Waals surface area (Å²) in [5.74, 6) is 0.948. The molecule has 0 aliphatic rings. The van der Waals surface area contributed by atoms with E-state index in [1.807, 2.05) is 26.0 Å². The monoisotopic (exact) mass is 374 g/mol. The number of hydrogen-bond donors (Lipinski definition) is 0. The maximum atomic E-state index is 11.5. The van der Waals surface area contributed by atoms with Gasteiger partial charge >= 0.3 is 5.97 Å². The fourth-order valence-corrected chi connectivity index (χ4v) is 3.56. The average Bonchev–Trinajstić information content (AvgIpc) is 2.74. The summed E-state index contributed by atoms with van der Waals surface area (Å²) in [6.07, 6.45) is 0. The molecule has 0 spiro atoms. The van der Waals surface area contributed by atoms with E-state index in [9.17, 15) is 4.79 Å². The Kier molecular flexibility index (Phi) is 4.73. The van der Waals surface area contributed by atoms with Crippen molar-refractivity contribution < 1.29 is 14.3 Å². The van der Waals surface area contributed by atoms with Crippen molar-refractivity contribution in [3.05, 3.63) is 43.0 Å². The van der Waals surface area contributed by atoms with Gasteiger partial charge in [0.25, 0.3) is 0 Å². The molecular weight excluding hydrogens is 364 g/mol. The maximum Gasteiger partial charge on any atom is 0.348 e. The van der Waals surface area contributed by atoms with E-state index in [-0.39, 0.29) is 5.97 Å². The van der Waals surface area contributed by atoms with Crippen LogP contribution in [0.4, 0.5) is 0 Å². The summed E-state index contributed by atoms with van der Waals surface area (Å²) in [7, 11) is 1.35. The van der Waals surface area contributed by atoms with Crippen molar-refractivity contribution in [2.24, 2.45) is 0 Å². The highest BCUT2D eigenvalue weighted by Gasteiger charge is 2.16. The molecule has 0 saturated heterocycles. The highest BCUT2D eigenvalue weighted by molar-refractivity contribution is 9.11. The first kappa shape index (κ1) is 15.4. The van der Waals surface area contributed by atoms with Gasteiger partial charge in [-0.25, -0.2) is 4.79 Å². The van der Waals surface area contributed by atoms with Crippen molar-refractivity contribution in [2.75, 3.05) is 7.11 Å². The lowest BCUT2D eigenvalue weighted by molar-refractivity contribution is 0.0606. The second kappa shape index (κ2) is 6.16. The molecular formula is C14H12BrClO3S. The third-order valence-corrected chi connectivity index (χ3v) is 4.66. The Morgan fingerprint density at radius 2 is 1.85 bits per heavy atom. The molecule has 0 fully saturated rings. The molecule has 0 N–H and O–H groups in total. The molecule has 1 heterocycles. The van der Waals surface area contributed by atoms with Crippen molar-refractivity contribution >= 4 is 44.8 Å². The van der Waals surface area contributed by atoms with Crippen LogP contribution in [0.3, 0.4) is 0 Å². The molecule has 0 unspecified atom stereocenters. The summed E-state index contributed by atoms with van der Waals surface area (Å²) >= 11 is 10.7. The number of carbonyl (C=O) groups excluding carboxylic acids is 1. The minimum Gasteiger partial charge on any atom is -0.465 e. The minimum atomic E-state index is -0.380. The number of benzene rings is 1. The van der Waals surface area contributed by atoms with Crippen LogP contribution in [0.15, 0.2) is 22.0 Å². The van der Waals surface area contributed by atoms with Crippen LogP contribution in [0.25, 0.3) is 0 Å². The molecule has 0 bridgehead atoms. The molecule has 0 amide bonds. The topological polar surface area (TPSA) is 35.5 Å². The standard InChI is InChI=1S/C14H12BrClO3S/c1-7-4-9(16)5-8(2)12(7)19-10-6-11(14(17)18-3)20-13(10)15/h4-6H,1-3H3. The third-order valence-electron chi connectivity index (χ3n) is 2.68. The molecule has 0 saturated carbocycles. The number of rotatable bonds is 3. The van der Waals surface area contributed by atoms with Crippen LogP contribution in [0, 0.1) is 13.8 Å². The smallest absolute Gasteiger partial charge is 0.348 e. The van der Waals surface area contributed by atoms with Gasteiger partial charge in [0.1, 0.15) is 14.4 Å². The van der Waals surface area contributed by atoms with Crippen molar-refractivity contribution in [3.63, 3.8) is 0 Å². The van der Waals surface area contributed by atoms with Crippen molar-refractivity contribution in [2.45, 2.75) is 13.8 Å². The third kappa shape index (κ3) is 3.16. The molecule has 2 rings (SSSR count). The summed E-state index contributed by atoms with van der Waals surface area (Å²) in [5.41, 5.74) is 1.88. The molecule has 1 aromatic carbocycles. The molecule has 0 atom stereocenters. The highest BCUT2D eigenvalue weighted by atomic mass is 79.9. The van der Waals surface area contributed by atoms with E-state index in [1.165, 1.54) is 18.4 Å². The zero-order valence-corrected chi connectivity index (χ0v) is 14.3. The lowest BCUT2D eigenvalue weighted by Crippen LogP contribution is -1.97. The van der Waals surface area contributed by atoms with E-state index in [0.29, 0.717) is 15.6 Å². The number of halogens is 2. The SMILES string of the molecule is COC(=O)c1cc(Oc2c(C)cc(Cl)cc2C)c(Br)s1. The number of esters is 1. The Morgan fingerprint density at radius 3 is 2.40 bits per heavy atom. The van der Waals surface area contributed by atoms with Gasteiger partial charge in [0.2, 0.25) is 0 Å². The van der Waals surface area contributed by atoms with E-state index < -0.39 is 0 Å². The Hall–Kier alpha value is -1.04. The number of thiophene rings is 1. The predicted octanol–water partition coefficient (Wildman–Crippen LogP) is 5.36. The van der Waals surface area contributed by atoms with Gasteiger partial charge < -0.3 is 9.47 Å². The minimum absolute atomic E-state index is 0.380. The number of ether oxygens (including phenoxy) is 2. The number of aryl methyl sites for hydroxylation is 2. The van der Waals surface area contributed by atoms with Gasteiger partial charge in [-0.15, -0.1) is 11.3 Å². The van der Waals surface area contributed by atoms with E-state index in [1.54, 1.807) is 6.07 Å². The number of hydrogen-bond acceptors (Lipinski definition) is 4. The molecule has 6 heteroatoms. The molecule has 20 heavy (non-hydrogen) atoms. The summed E-state index contributed by atoms with van der Waals surface area (Å²) in [6.45, 7) is 3.85. The maximum absolute atomic E-state index is 11.5. The van der Waals surface area contributed by atoms with Crippen molar-refractivity contribution in [3.8, 4) is 11.5 Å². The Balaban J connectivity index is 2.36. The first-order valence-electron chi connectivity index (χ1n) is 5.74. The molecule has 0 aliphatic carbocycles. The van der Waals surface area contributed by atoms with Crippen LogP contribution in [0.1, 0.15) is 20.8 Å². The quantitative estimate of drug-likeness (QED) is 0.677. The van der Waals surface area contributed by atoms with Crippen LogP contribution < -0.4 is 4.74 Å². The number of methoxy groups -OCH3 is 1. The molecule has 3 nitrogen and oxygen atoms in total. The fraction of sp³-hybridized carbons (Fsp3) is 0.214. The van der Waals surface area contributed by atoms with Gasteiger partial charge in [-0.2, -0.15) is 0 Å². The summed E-state index contributed by atoms with van der Waals surface area (Å²) in [6, 6.07) is 5.34. The second-order valence-electron chi connectivity index (χ2n) is 4.21. The first-order valence-corrected chi connectivity index (χ1v) is 7.73. The van der Waals surface area contributed by atoms with Crippen LogP contribution in [-0.4, -0.2) is 13.1 Å². The molecule has 1 aromatic heterocycles. The van der Waals surface area contributed by atoms with Gasteiger partial charge in [0, 0.05) is 11.1 Å². The van der Waals surface area contributed by atoms with E-state index in [0.717, 1.165) is 20.7 Å². The van der Waals surface area contributed by atoms with Crippen molar-refractivity contribution in [1.82, 2.24) is 0 Å². The summed E-state index contributed by atoms with van der Waals surface area (Å²) < 4.78 is 11.3. The molecule has 106 valence electrons. The Bertz CT molecular complexity index is 643. The van der Waals surface area contributed by atoms with Gasteiger partial charge in [-0.3, -0.25) is 0 Å². The normalized spacial score (nSPS) is 10.4. The molecule has 2 aromatic rings. The van der Waals surface area contributed by atoms with E-state index >= 15 is 0 Å². The van der Waals surface area contributed by atoms with E-state index in [4.69, 9.17) is 21.1 Å². The Labute approximate surface area is 134 Å². The van der Waals surface area contributed by atoms with Gasteiger partial charge in [0.15, 0.2) is 5.75 Å². The van der Waals surface area contributed by atoms with Crippen molar-refractivity contribution in [1.29, 1.82) is 0 Å². The second-order valence-corrected chi connectivity index (χ2v) is 7.02. The molecule has 0 radical (unpaired) electrons. The zero-order valence-electron chi connectivity index (χ0n) is 11.1.